The number of hydrogen-bond donors (Lipinski definition) is 0. The fourth-order valence-electron chi connectivity index (χ4n) is 2.11. The van der Waals surface area contributed by atoms with Crippen LogP contribution in [0.4, 0.5) is 0 Å². The third-order valence-electron chi connectivity index (χ3n) is 3.02. The van der Waals surface area contributed by atoms with Gasteiger partial charge in [-0.2, -0.15) is 0 Å². The normalized spacial score (nSPS) is 10.0. The molecule has 105 valence electrons. The summed E-state index contributed by atoms with van der Waals surface area (Å²) in [6.45, 7) is 0. The number of methoxy groups -OCH3 is 4. The van der Waals surface area contributed by atoms with E-state index in [2.05, 4.69) is 6.07 Å². The molecule has 0 heterocycles. The summed E-state index contributed by atoms with van der Waals surface area (Å²) in [6, 6.07) is 12.3. The Morgan fingerprint density at radius 2 is 1.35 bits per heavy atom. The first kappa shape index (κ1) is 14.1. The fraction of sp³-hybridized carbons (Fsp3) is 0.250. The Kier molecular flexibility index (Phi) is 4.35. The lowest BCUT2D eigenvalue weighted by Gasteiger charge is -2.17. The summed E-state index contributed by atoms with van der Waals surface area (Å²) in [6.07, 6.45) is 0. The van der Waals surface area contributed by atoms with Crippen LogP contribution in [0.25, 0.3) is 11.1 Å². The first-order valence-electron chi connectivity index (χ1n) is 6.10. The van der Waals surface area contributed by atoms with Crippen molar-refractivity contribution in [2.75, 3.05) is 28.4 Å². The molecule has 0 fully saturated rings. The van der Waals surface area contributed by atoms with Crippen LogP contribution in [0.15, 0.2) is 30.3 Å². The zero-order valence-corrected chi connectivity index (χ0v) is 12.0. The molecule has 4 heteroatoms. The van der Waals surface area contributed by atoms with Gasteiger partial charge >= 0.3 is 0 Å². The molecule has 0 saturated carbocycles. The first-order valence-corrected chi connectivity index (χ1v) is 6.10. The van der Waals surface area contributed by atoms with Gasteiger partial charge in [0.25, 0.3) is 0 Å². The highest BCUT2D eigenvalue weighted by Gasteiger charge is 2.19. The van der Waals surface area contributed by atoms with E-state index >= 15 is 0 Å². The second-order valence-electron chi connectivity index (χ2n) is 3.99. The Morgan fingerprint density at radius 1 is 0.750 bits per heavy atom. The van der Waals surface area contributed by atoms with E-state index in [0.29, 0.717) is 23.0 Å². The number of benzene rings is 2. The summed E-state index contributed by atoms with van der Waals surface area (Å²) in [5.74, 6) is 2.60. The molecular weight excluding hydrogens is 256 g/mol. The van der Waals surface area contributed by atoms with Gasteiger partial charge in [0.05, 0.1) is 34.0 Å². The summed E-state index contributed by atoms with van der Waals surface area (Å²) in [7, 11) is 6.42. The molecule has 0 saturated heterocycles. The van der Waals surface area contributed by atoms with Crippen LogP contribution in [0.3, 0.4) is 0 Å². The second-order valence-corrected chi connectivity index (χ2v) is 3.99. The van der Waals surface area contributed by atoms with Gasteiger partial charge in [0.2, 0.25) is 0 Å². The lowest BCUT2D eigenvalue weighted by molar-refractivity contribution is 0.355. The Bertz CT molecular complexity index is 571. The maximum atomic E-state index is 5.45. The van der Waals surface area contributed by atoms with Gasteiger partial charge in [-0.3, -0.25) is 0 Å². The van der Waals surface area contributed by atoms with Crippen LogP contribution in [-0.4, -0.2) is 28.4 Å². The van der Waals surface area contributed by atoms with Crippen molar-refractivity contribution in [2.24, 2.45) is 0 Å². The van der Waals surface area contributed by atoms with Crippen LogP contribution in [0.5, 0.6) is 23.0 Å². The molecule has 1 radical (unpaired) electrons. The Hall–Kier alpha value is -2.36. The summed E-state index contributed by atoms with van der Waals surface area (Å²) in [5, 5.41) is 0. The zero-order chi connectivity index (χ0) is 14.5. The smallest absolute Gasteiger partial charge is 0.169 e. The molecule has 20 heavy (non-hydrogen) atoms. The quantitative estimate of drug-likeness (QED) is 0.838. The molecule has 0 aliphatic heterocycles. The predicted octanol–water partition coefficient (Wildman–Crippen LogP) is 3.19. The predicted molar refractivity (Wildman–Crippen MR) is 76.9 cm³/mol. The van der Waals surface area contributed by atoms with Crippen molar-refractivity contribution in [1.29, 1.82) is 0 Å². The van der Waals surface area contributed by atoms with Gasteiger partial charge in [-0.1, -0.05) is 6.07 Å². The average molecular weight is 273 g/mol. The van der Waals surface area contributed by atoms with E-state index in [1.165, 1.54) is 0 Å². The van der Waals surface area contributed by atoms with E-state index in [4.69, 9.17) is 18.9 Å². The van der Waals surface area contributed by atoms with Crippen molar-refractivity contribution >= 4 is 0 Å². The highest BCUT2D eigenvalue weighted by molar-refractivity contribution is 5.82. The van der Waals surface area contributed by atoms with Gasteiger partial charge in [0, 0.05) is 5.56 Å². The molecule has 0 spiro atoms. The van der Waals surface area contributed by atoms with E-state index < -0.39 is 0 Å². The average Bonchev–Trinajstić information content (AvgIpc) is 2.52. The van der Waals surface area contributed by atoms with E-state index in [-0.39, 0.29) is 0 Å². The van der Waals surface area contributed by atoms with E-state index in [1.807, 2.05) is 18.2 Å². The molecular formula is C16H17O4. The minimum atomic E-state index is 0.595. The molecule has 2 aromatic carbocycles. The molecule has 2 rings (SSSR count). The van der Waals surface area contributed by atoms with E-state index in [1.54, 1.807) is 40.6 Å². The zero-order valence-electron chi connectivity index (χ0n) is 12.0. The molecule has 2 aromatic rings. The highest BCUT2D eigenvalue weighted by atomic mass is 16.5. The van der Waals surface area contributed by atoms with Crippen LogP contribution in [0, 0.1) is 6.07 Å². The van der Waals surface area contributed by atoms with Gasteiger partial charge in [-0.25, -0.2) is 0 Å². The summed E-state index contributed by atoms with van der Waals surface area (Å²) in [5.41, 5.74) is 1.52. The van der Waals surface area contributed by atoms with Crippen molar-refractivity contribution in [1.82, 2.24) is 0 Å². The second kappa shape index (κ2) is 6.19. The Morgan fingerprint density at radius 3 is 1.85 bits per heavy atom. The maximum absolute atomic E-state index is 5.45. The Balaban J connectivity index is 2.74. The lowest BCUT2D eigenvalue weighted by Crippen LogP contribution is -1.97. The van der Waals surface area contributed by atoms with Gasteiger partial charge < -0.3 is 18.9 Å². The molecule has 0 aliphatic carbocycles. The molecule has 4 nitrogen and oxygen atoms in total. The highest BCUT2D eigenvalue weighted by Crippen LogP contribution is 2.45. The first-order chi connectivity index (χ1) is 9.76. The molecule has 0 N–H and O–H groups in total. The van der Waals surface area contributed by atoms with Gasteiger partial charge in [0.1, 0.15) is 11.5 Å². The summed E-state index contributed by atoms with van der Waals surface area (Å²) < 4.78 is 21.6. The summed E-state index contributed by atoms with van der Waals surface area (Å²) in [4.78, 5) is 0. The Labute approximate surface area is 118 Å². The standard InChI is InChI=1S/C16H17O4/c1-17-12-8-6-9-13(18-2)15(12)11-7-5-10-14(19-3)16(11)20-4/h5-6,8-10H,1-4H3. The van der Waals surface area contributed by atoms with Crippen molar-refractivity contribution in [2.45, 2.75) is 0 Å². The molecule has 0 amide bonds. The molecule has 0 atom stereocenters. The van der Waals surface area contributed by atoms with E-state index in [9.17, 15) is 0 Å². The number of hydrogen-bond acceptors (Lipinski definition) is 4. The van der Waals surface area contributed by atoms with Gasteiger partial charge in [-0.05, 0) is 30.3 Å². The van der Waals surface area contributed by atoms with Crippen molar-refractivity contribution in [3.8, 4) is 34.1 Å². The monoisotopic (exact) mass is 273 g/mol. The van der Waals surface area contributed by atoms with Crippen LogP contribution >= 0.6 is 0 Å². The fourth-order valence-corrected chi connectivity index (χ4v) is 2.11. The lowest BCUT2D eigenvalue weighted by atomic mass is 10.0. The SMILES string of the molecule is COc1cc[c]c(-c2c(OC)cccc2OC)c1OC. The molecule has 0 aliphatic rings. The van der Waals surface area contributed by atoms with Crippen LogP contribution < -0.4 is 18.9 Å². The maximum Gasteiger partial charge on any atom is 0.169 e. The van der Waals surface area contributed by atoms with Crippen LogP contribution in [-0.2, 0) is 0 Å². The molecule has 0 bridgehead atoms. The van der Waals surface area contributed by atoms with Crippen LogP contribution in [0.2, 0.25) is 0 Å². The van der Waals surface area contributed by atoms with E-state index in [0.717, 1.165) is 11.1 Å². The largest absolute Gasteiger partial charge is 0.496 e. The minimum absolute atomic E-state index is 0.595. The number of ether oxygens (including phenoxy) is 4. The van der Waals surface area contributed by atoms with Crippen molar-refractivity contribution < 1.29 is 18.9 Å². The molecule has 0 unspecified atom stereocenters. The minimum Gasteiger partial charge on any atom is -0.496 e. The number of rotatable bonds is 5. The third kappa shape index (κ3) is 2.37. The van der Waals surface area contributed by atoms with Crippen molar-refractivity contribution in [3.63, 3.8) is 0 Å². The molecule has 0 aromatic heterocycles. The van der Waals surface area contributed by atoms with Crippen LogP contribution in [0.1, 0.15) is 0 Å². The van der Waals surface area contributed by atoms with Crippen molar-refractivity contribution in [3.05, 3.63) is 36.4 Å². The summed E-state index contributed by atoms with van der Waals surface area (Å²) >= 11 is 0. The topological polar surface area (TPSA) is 36.9 Å². The third-order valence-corrected chi connectivity index (χ3v) is 3.02. The van der Waals surface area contributed by atoms with Gasteiger partial charge in [-0.15, -0.1) is 0 Å². The van der Waals surface area contributed by atoms with Gasteiger partial charge in [0.15, 0.2) is 11.5 Å².